The summed E-state index contributed by atoms with van der Waals surface area (Å²) < 4.78 is 61.2. The van der Waals surface area contributed by atoms with Crippen molar-refractivity contribution in [3.05, 3.63) is 95.1 Å². The van der Waals surface area contributed by atoms with Gasteiger partial charge in [0.1, 0.15) is 0 Å². The zero-order chi connectivity index (χ0) is 26.1. The van der Waals surface area contributed by atoms with Gasteiger partial charge in [-0.05, 0) is 50.2 Å². The molecule has 4 rings (SSSR count). The third-order valence-corrected chi connectivity index (χ3v) is 8.23. The number of fused-ring (bicyclic) bond motifs is 1. The highest BCUT2D eigenvalue weighted by atomic mass is 32.2. The van der Waals surface area contributed by atoms with Crippen LogP contribution in [0.5, 0.6) is 0 Å². The third-order valence-electron chi connectivity index (χ3n) is 5.64. The number of hydrogen-bond donors (Lipinski definition) is 0. The molecule has 0 aliphatic carbocycles. The van der Waals surface area contributed by atoms with E-state index in [0.29, 0.717) is 0 Å². The third kappa shape index (κ3) is 5.24. The molecular weight excluding hydrogens is 506 g/mol. The molecule has 2 amide bonds. The minimum Gasteiger partial charge on any atom is -0.269 e. The molecule has 0 fully saturated rings. The van der Waals surface area contributed by atoms with Crippen molar-refractivity contribution in [2.24, 2.45) is 0 Å². The molecule has 3 aromatic rings. The summed E-state index contributed by atoms with van der Waals surface area (Å²) in [6, 6.07) is 16.5. The normalized spacial score (nSPS) is 13.9. The lowest BCUT2D eigenvalue weighted by Crippen LogP contribution is -2.46. The Morgan fingerprint density at radius 1 is 0.639 bits per heavy atom. The van der Waals surface area contributed by atoms with E-state index in [0.717, 1.165) is 16.0 Å². The molecule has 0 aromatic heterocycles. The van der Waals surface area contributed by atoms with Crippen LogP contribution in [0.3, 0.4) is 0 Å². The molecule has 11 heteroatoms. The number of aryl methyl sites for hydroxylation is 2. The molecule has 0 N–H and O–H groups in total. The first kappa shape index (κ1) is 25.7. The average Bonchev–Trinajstić information content (AvgIpc) is 3.10. The maximum Gasteiger partial charge on any atom is 0.297 e. The first-order valence-corrected chi connectivity index (χ1v) is 13.7. The molecule has 0 unspecified atom stereocenters. The first-order chi connectivity index (χ1) is 17.0. The van der Waals surface area contributed by atoms with Gasteiger partial charge in [-0.15, -0.1) is 0 Å². The number of amides is 2. The van der Waals surface area contributed by atoms with Gasteiger partial charge in [-0.1, -0.05) is 47.5 Å². The Kier molecular flexibility index (Phi) is 7.10. The number of benzene rings is 3. The van der Waals surface area contributed by atoms with Gasteiger partial charge < -0.3 is 0 Å². The second-order valence-electron chi connectivity index (χ2n) is 8.28. The van der Waals surface area contributed by atoms with Gasteiger partial charge >= 0.3 is 0 Å². The van der Waals surface area contributed by atoms with Crippen LogP contribution in [0.25, 0.3) is 0 Å². The van der Waals surface area contributed by atoms with Gasteiger partial charge in [0, 0.05) is 0 Å². The van der Waals surface area contributed by atoms with E-state index < -0.39 is 51.3 Å². The SMILES string of the molecule is Cc1ccc(S(=O)(=O)OCC(COS(=O)(=O)c2ccc(C)cc2)N2C(=O)c3ccccc3C2=O)cc1. The van der Waals surface area contributed by atoms with Crippen LogP contribution in [0.4, 0.5) is 0 Å². The lowest BCUT2D eigenvalue weighted by atomic mass is 10.1. The van der Waals surface area contributed by atoms with E-state index in [1.165, 1.54) is 36.4 Å². The molecule has 1 aliphatic heterocycles. The maximum atomic E-state index is 13.0. The summed E-state index contributed by atoms with van der Waals surface area (Å²) >= 11 is 0. The van der Waals surface area contributed by atoms with Crippen LogP contribution in [-0.2, 0) is 28.6 Å². The quantitative estimate of drug-likeness (QED) is 0.306. The van der Waals surface area contributed by atoms with Crippen molar-refractivity contribution in [1.29, 1.82) is 0 Å². The Balaban J connectivity index is 1.60. The summed E-state index contributed by atoms with van der Waals surface area (Å²) in [6.45, 7) is 2.18. The Morgan fingerprint density at radius 2 is 1.00 bits per heavy atom. The Labute approximate surface area is 209 Å². The van der Waals surface area contributed by atoms with Gasteiger partial charge in [-0.25, -0.2) is 0 Å². The molecule has 36 heavy (non-hydrogen) atoms. The van der Waals surface area contributed by atoms with E-state index in [1.807, 2.05) is 0 Å². The molecule has 0 radical (unpaired) electrons. The molecule has 0 saturated carbocycles. The number of carbonyl (C=O) groups excluding carboxylic acids is 2. The van der Waals surface area contributed by atoms with Crippen LogP contribution in [0.15, 0.2) is 82.6 Å². The fourth-order valence-corrected chi connectivity index (χ4v) is 5.50. The van der Waals surface area contributed by atoms with Gasteiger partial charge in [-0.2, -0.15) is 16.8 Å². The molecule has 0 atom stereocenters. The number of carbonyl (C=O) groups is 2. The molecule has 0 bridgehead atoms. The Morgan fingerprint density at radius 3 is 1.36 bits per heavy atom. The van der Waals surface area contributed by atoms with Gasteiger partial charge in [-0.3, -0.25) is 22.9 Å². The minimum atomic E-state index is -4.27. The van der Waals surface area contributed by atoms with Crippen LogP contribution in [0, 0.1) is 13.8 Å². The second-order valence-corrected chi connectivity index (χ2v) is 11.5. The van der Waals surface area contributed by atoms with E-state index in [-0.39, 0.29) is 20.9 Å². The molecule has 9 nitrogen and oxygen atoms in total. The minimum absolute atomic E-state index is 0.121. The van der Waals surface area contributed by atoms with Crippen molar-refractivity contribution in [2.75, 3.05) is 13.2 Å². The number of nitrogens with zero attached hydrogens (tertiary/aromatic N) is 1. The second kappa shape index (κ2) is 9.94. The molecule has 1 aliphatic rings. The van der Waals surface area contributed by atoms with Gasteiger partial charge in [0.05, 0.1) is 40.2 Å². The summed E-state index contributed by atoms with van der Waals surface area (Å²) in [4.78, 5) is 26.5. The summed E-state index contributed by atoms with van der Waals surface area (Å²) in [5.41, 5.74) is 1.92. The van der Waals surface area contributed by atoms with Crippen molar-refractivity contribution in [3.8, 4) is 0 Å². The first-order valence-electron chi connectivity index (χ1n) is 10.9. The van der Waals surface area contributed by atoms with Crippen LogP contribution in [0.1, 0.15) is 31.8 Å². The molecule has 0 saturated heterocycles. The number of imide groups is 1. The average molecular weight is 530 g/mol. The summed E-state index contributed by atoms with van der Waals surface area (Å²) in [5, 5.41) is 0. The van der Waals surface area contributed by atoms with Crippen LogP contribution in [0.2, 0.25) is 0 Å². The van der Waals surface area contributed by atoms with Crippen LogP contribution < -0.4 is 0 Å². The van der Waals surface area contributed by atoms with E-state index in [9.17, 15) is 26.4 Å². The van der Waals surface area contributed by atoms with Crippen molar-refractivity contribution < 1.29 is 34.8 Å². The summed E-state index contributed by atoms with van der Waals surface area (Å²) in [6.07, 6.45) is 0. The topological polar surface area (TPSA) is 124 Å². The predicted octanol–water partition coefficient (Wildman–Crippen LogP) is 3.08. The summed E-state index contributed by atoms with van der Waals surface area (Å²) in [7, 11) is -8.54. The standard InChI is InChI=1S/C25H23NO8S2/c1-17-7-11-20(12-8-17)35(29,30)33-15-19(16-34-36(31,32)21-13-9-18(2)10-14-21)26-24(27)22-5-3-4-6-23(22)25(26)28/h3-14,19H,15-16H2,1-2H3. The van der Waals surface area contributed by atoms with Crippen molar-refractivity contribution in [1.82, 2.24) is 4.90 Å². The van der Waals surface area contributed by atoms with Crippen molar-refractivity contribution in [2.45, 2.75) is 29.7 Å². The molecule has 1 heterocycles. The van der Waals surface area contributed by atoms with Crippen molar-refractivity contribution in [3.63, 3.8) is 0 Å². The Hall–Kier alpha value is -3.38. The molecule has 3 aromatic carbocycles. The largest absolute Gasteiger partial charge is 0.297 e. The zero-order valence-corrected chi connectivity index (χ0v) is 21.1. The maximum absolute atomic E-state index is 13.0. The van der Waals surface area contributed by atoms with Gasteiger partial charge in [0.2, 0.25) is 0 Å². The lowest BCUT2D eigenvalue weighted by Gasteiger charge is -2.25. The highest BCUT2D eigenvalue weighted by Crippen LogP contribution is 2.26. The molecule has 188 valence electrons. The molecular formula is C25H23NO8S2. The fraction of sp³-hybridized carbons (Fsp3) is 0.200. The van der Waals surface area contributed by atoms with Gasteiger partial charge in [0.15, 0.2) is 0 Å². The van der Waals surface area contributed by atoms with Crippen LogP contribution in [-0.4, -0.2) is 52.8 Å². The monoisotopic (exact) mass is 529 g/mol. The van der Waals surface area contributed by atoms with E-state index in [2.05, 4.69) is 0 Å². The predicted molar refractivity (Wildman–Crippen MR) is 129 cm³/mol. The smallest absolute Gasteiger partial charge is 0.269 e. The lowest BCUT2D eigenvalue weighted by molar-refractivity contribution is 0.0468. The Bertz CT molecular complexity index is 1400. The van der Waals surface area contributed by atoms with Crippen LogP contribution >= 0.6 is 0 Å². The zero-order valence-electron chi connectivity index (χ0n) is 19.4. The number of rotatable bonds is 9. The fourth-order valence-electron chi connectivity index (χ4n) is 3.62. The highest BCUT2D eigenvalue weighted by molar-refractivity contribution is 7.87. The summed E-state index contributed by atoms with van der Waals surface area (Å²) in [5.74, 6) is -1.40. The van der Waals surface area contributed by atoms with E-state index in [1.54, 1.807) is 50.2 Å². The van der Waals surface area contributed by atoms with Crippen molar-refractivity contribution >= 4 is 32.1 Å². The number of hydrogen-bond acceptors (Lipinski definition) is 8. The van der Waals surface area contributed by atoms with E-state index >= 15 is 0 Å². The van der Waals surface area contributed by atoms with E-state index in [4.69, 9.17) is 8.37 Å². The van der Waals surface area contributed by atoms with Gasteiger partial charge in [0.25, 0.3) is 32.1 Å². The molecule has 0 spiro atoms. The highest BCUT2D eigenvalue weighted by Gasteiger charge is 2.41.